The highest BCUT2D eigenvalue weighted by atomic mass is 16.5. The monoisotopic (exact) mass is 374 g/mol. The number of ether oxygens (including phenoxy) is 2. The second kappa shape index (κ2) is 10.4. The van der Waals surface area contributed by atoms with Crippen LogP contribution in [-0.2, 0) is 14.3 Å². The Balaban J connectivity index is 2.05. The number of hydrogen-bond acceptors (Lipinski definition) is 5. The molecule has 1 heterocycles. The van der Waals surface area contributed by atoms with E-state index in [-0.39, 0.29) is 18.2 Å². The van der Waals surface area contributed by atoms with Crippen LogP contribution in [0.5, 0.6) is 5.75 Å². The molecule has 0 spiro atoms. The van der Waals surface area contributed by atoms with E-state index >= 15 is 0 Å². The number of benzene rings is 1. The second-order valence-electron chi connectivity index (χ2n) is 6.21. The number of amides is 2. The van der Waals surface area contributed by atoms with Crippen LogP contribution in [0.2, 0.25) is 0 Å². The Kier molecular flexibility index (Phi) is 7.85. The molecule has 1 fully saturated rings. The molecule has 0 radical (unpaired) electrons. The average Bonchev–Trinajstić information content (AvgIpc) is 2.68. The van der Waals surface area contributed by atoms with E-state index in [1.807, 2.05) is 6.92 Å². The number of rotatable bonds is 9. The van der Waals surface area contributed by atoms with Crippen LogP contribution in [0, 0.1) is 0 Å². The highest BCUT2D eigenvalue weighted by molar-refractivity contribution is 5.99. The largest absolute Gasteiger partial charge is 0.490 e. The van der Waals surface area contributed by atoms with Crippen LogP contribution >= 0.6 is 0 Å². The molecule has 7 heteroatoms. The first-order valence-electron chi connectivity index (χ1n) is 9.15. The molecular formula is C20H26N2O5. The number of nitrogens with one attached hydrogen (secondary N) is 1. The zero-order chi connectivity index (χ0) is 19.6. The Morgan fingerprint density at radius 2 is 2.07 bits per heavy atom. The molecule has 2 rings (SSSR count). The van der Waals surface area contributed by atoms with Crippen LogP contribution in [0.25, 0.3) is 0 Å². The summed E-state index contributed by atoms with van der Waals surface area (Å²) in [6.07, 6.45) is 3.16. The molecule has 1 saturated heterocycles. The second-order valence-corrected chi connectivity index (χ2v) is 6.21. The van der Waals surface area contributed by atoms with Gasteiger partial charge in [0.2, 0.25) is 5.91 Å². The molecule has 27 heavy (non-hydrogen) atoms. The number of hydrogen-bond donors (Lipinski definition) is 1. The molecule has 0 saturated carbocycles. The van der Waals surface area contributed by atoms with Crippen LogP contribution in [0.1, 0.15) is 36.5 Å². The Morgan fingerprint density at radius 3 is 2.74 bits per heavy atom. The molecule has 1 atom stereocenters. The highest BCUT2D eigenvalue weighted by Gasteiger charge is 2.35. The maximum absolute atomic E-state index is 12.9. The van der Waals surface area contributed by atoms with Crippen molar-refractivity contribution in [1.29, 1.82) is 0 Å². The van der Waals surface area contributed by atoms with Crippen molar-refractivity contribution in [3.63, 3.8) is 0 Å². The molecule has 1 aromatic rings. The Hall–Kier alpha value is -2.83. The van der Waals surface area contributed by atoms with Crippen molar-refractivity contribution in [2.45, 2.75) is 32.2 Å². The first-order chi connectivity index (χ1) is 13.1. The van der Waals surface area contributed by atoms with Gasteiger partial charge < -0.3 is 19.7 Å². The van der Waals surface area contributed by atoms with Gasteiger partial charge in [0.1, 0.15) is 18.4 Å². The molecule has 0 bridgehead atoms. The van der Waals surface area contributed by atoms with Crippen molar-refractivity contribution in [3.8, 4) is 5.75 Å². The molecule has 1 aliphatic heterocycles. The van der Waals surface area contributed by atoms with E-state index in [1.54, 1.807) is 30.3 Å². The van der Waals surface area contributed by atoms with Crippen molar-refractivity contribution in [3.05, 3.63) is 42.5 Å². The molecular weight excluding hydrogens is 348 g/mol. The summed E-state index contributed by atoms with van der Waals surface area (Å²) < 4.78 is 10.5. The van der Waals surface area contributed by atoms with Gasteiger partial charge in [0, 0.05) is 18.7 Å². The fourth-order valence-corrected chi connectivity index (χ4v) is 2.72. The minimum Gasteiger partial charge on any atom is -0.490 e. The zero-order valence-corrected chi connectivity index (χ0v) is 15.6. The lowest BCUT2D eigenvalue weighted by Gasteiger charge is -2.34. The van der Waals surface area contributed by atoms with E-state index in [1.165, 1.54) is 4.90 Å². The summed E-state index contributed by atoms with van der Waals surface area (Å²) in [6, 6.07) is 5.80. The van der Waals surface area contributed by atoms with Crippen molar-refractivity contribution in [2.24, 2.45) is 0 Å². The van der Waals surface area contributed by atoms with Gasteiger partial charge in [-0.25, -0.2) is 0 Å². The van der Waals surface area contributed by atoms with E-state index in [9.17, 15) is 14.4 Å². The molecule has 7 nitrogen and oxygen atoms in total. The smallest absolute Gasteiger partial charge is 0.308 e. The summed E-state index contributed by atoms with van der Waals surface area (Å²) in [7, 11) is 0. The van der Waals surface area contributed by atoms with Crippen molar-refractivity contribution in [2.75, 3.05) is 26.3 Å². The van der Waals surface area contributed by atoms with Gasteiger partial charge >= 0.3 is 5.97 Å². The lowest BCUT2D eigenvalue weighted by molar-refractivity contribution is -0.147. The van der Waals surface area contributed by atoms with Gasteiger partial charge in [0.25, 0.3) is 5.91 Å². The van der Waals surface area contributed by atoms with Crippen molar-refractivity contribution in [1.82, 2.24) is 10.2 Å². The van der Waals surface area contributed by atoms with Crippen molar-refractivity contribution >= 4 is 17.8 Å². The minimum absolute atomic E-state index is 0.151. The van der Waals surface area contributed by atoms with E-state index in [0.717, 1.165) is 12.8 Å². The third-order valence-corrected chi connectivity index (χ3v) is 4.18. The third kappa shape index (κ3) is 5.84. The van der Waals surface area contributed by atoms with Crippen LogP contribution in [0.15, 0.2) is 36.9 Å². The summed E-state index contributed by atoms with van der Waals surface area (Å²) in [5.41, 5.74) is 0.431. The highest BCUT2D eigenvalue weighted by Crippen LogP contribution is 2.18. The predicted molar refractivity (Wildman–Crippen MR) is 100 cm³/mol. The quantitative estimate of drug-likeness (QED) is 0.406. The maximum Gasteiger partial charge on any atom is 0.308 e. The van der Waals surface area contributed by atoms with E-state index in [2.05, 4.69) is 11.9 Å². The van der Waals surface area contributed by atoms with Gasteiger partial charge in [-0.2, -0.15) is 0 Å². The van der Waals surface area contributed by atoms with Crippen LogP contribution in [0.3, 0.4) is 0 Å². The van der Waals surface area contributed by atoms with Gasteiger partial charge in [-0.05, 0) is 30.7 Å². The zero-order valence-electron chi connectivity index (χ0n) is 15.6. The summed E-state index contributed by atoms with van der Waals surface area (Å²) in [4.78, 5) is 38.5. The average molecular weight is 374 g/mol. The molecule has 146 valence electrons. The van der Waals surface area contributed by atoms with Crippen LogP contribution in [-0.4, -0.2) is 55.0 Å². The lowest BCUT2D eigenvalue weighted by atomic mass is 10.1. The maximum atomic E-state index is 12.9. The first-order valence-corrected chi connectivity index (χ1v) is 9.15. The lowest BCUT2D eigenvalue weighted by Crippen LogP contribution is -2.57. The van der Waals surface area contributed by atoms with Gasteiger partial charge in [0.15, 0.2) is 0 Å². The fraction of sp³-hybridized carbons (Fsp3) is 0.450. The normalized spacial score (nSPS) is 16.4. The number of piperazine rings is 1. The van der Waals surface area contributed by atoms with E-state index in [4.69, 9.17) is 9.47 Å². The van der Waals surface area contributed by atoms with Gasteiger partial charge in [0.05, 0.1) is 13.0 Å². The molecule has 2 amide bonds. The predicted octanol–water partition coefficient (Wildman–Crippen LogP) is 1.93. The fourth-order valence-electron chi connectivity index (χ4n) is 2.72. The Bertz CT molecular complexity index is 671. The van der Waals surface area contributed by atoms with Crippen LogP contribution < -0.4 is 10.1 Å². The summed E-state index contributed by atoms with van der Waals surface area (Å²) in [5, 5.41) is 2.70. The molecule has 0 unspecified atom stereocenters. The molecule has 0 aromatic heterocycles. The minimum atomic E-state index is -0.864. The first kappa shape index (κ1) is 20.5. The van der Waals surface area contributed by atoms with Gasteiger partial charge in [-0.1, -0.05) is 26.0 Å². The summed E-state index contributed by atoms with van der Waals surface area (Å²) in [5.74, 6) is -0.491. The SMILES string of the molecule is C=CCOc1ccc(C(=O)N2CCNC(=O)[C@H]2CC(=O)OCCCC)cc1. The van der Waals surface area contributed by atoms with E-state index in [0.29, 0.717) is 37.6 Å². The third-order valence-electron chi connectivity index (χ3n) is 4.18. The topological polar surface area (TPSA) is 84.9 Å². The number of carbonyl (C=O) groups is 3. The molecule has 0 aliphatic carbocycles. The molecule has 1 aliphatic rings. The molecule has 1 aromatic carbocycles. The number of nitrogens with zero attached hydrogens (tertiary/aromatic N) is 1. The van der Waals surface area contributed by atoms with Gasteiger partial charge in [-0.3, -0.25) is 14.4 Å². The van der Waals surface area contributed by atoms with Crippen LogP contribution in [0.4, 0.5) is 0 Å². The van der Waals surface area contributed by atoms with Gasteiger partial charge in [-0.15, -0.1) is 0 Å². The number of unbranched alkanes of at least 4 members (excludes halogenated alkanes) is 1. The Labute approximate surface area is 159 Å². The molecule has 1 N–H and O–H groups in total. The standard InChI is InChI=1S/C20H26N2O5/c1-3-5-13-27-18(23)14-17-19(24)21-10-11-22(17)20(25)15-6-8-16(9-7-15)26-12-4-2/h4,6-9,17H,2-3,5,10-14H2,1H3,(H,21,24)/t17-/m1/s1. The van der Waals surface area contributed by atoms with E-state index < -0.39 is 12.0 Å². The summed E-state index contributed by atoms with van der Waals surface area (Å²) >= 11 is 0. The summed E-state index contributed by atoms with van der Waals surface area (Å²) in [6.45, 7) is 6.97. The number of carbonyl (C=O) groups excluding carboxylic acids is 3. The van der Waals surface area contributed by atoms with Crippen molar-refractivity contribution < 1.29 is 23.9 Å². The Morgan fingerprint density at radius 1 is 1.33 bits per heavy atom. The number of esters is 1.